The van der Waals surface area contributed by atoms with Crippen LogP contribution in [0.3, 0.4) is 0 Å². The van der Waals surface area contributed by atoms with Gasteiger partial charge in [0.1, 0.15) is 17.6 Å². The van der Waals surface area contributed by atoms with Crippen molar-refractivity contribution in [1.29, 1.82) is 5.26 Å². The van der Waals surface area contributed by atoms with E-state index in [2.05, 4.69) is 4.98 Å². The predicted molar refractivity (Wildman–Crippen MR) is 61.4 cm³/mol. The molecule has 2 rings (SSSR count). The lowest BCUT2D eigenvalue weighted by atomic mass is 10.2. The molecule has 1 fully saturated rings. The molecule has 0 atom stereocenters. The van der Waals surface area contributed by atoms with Gasteiger partial charge in [0, 0.05) is 12.6 Å². The van der Waals surface area contributed by atoms with E-state index in [-0.39, 0.29) is 30.6 Å². The number of aromatic nitrogens is 1. The second-order valence-electron chi connectivity index (χ2n) is 4.33. The number of nitriles is 1. The van der Waals surface area contributed by atoms with Crippen LogP contribution in [0.15, 0.2) is 12.1 Å². The molecule has 1 aromatic heterocycles. The van der Waals surface area contributed by atoms with Crippen molar-refractivity contribution in [2.45, 2.75) is 25.1 Å². The lowest BCUT2D eigenvalue weighted by Gasteiger charge is -2.24. The zero-order valence-corrected chi connectivity index (χ0v) is 9.98. The van der Waals surface area contributed by atoms with Gasteiger partial charge in [-0.25, -0.2) is 4.98 Å². The molecule has 0 spiro atoms. The Morgan fingerprint density at radius 2 is 2.11 bits per heavy atom. The SMILES string of the molecule is N#Cc1ccc(C(F)(F)F)nc1N(CCO)C1CC1. The Balaban J connectivity index is 2.43. The van der Waals surface area contributed by atoms with E-state index in [1.807, 2.05) is 6.07 Å². The zero-order valence-electron chi connectivity index (χ0n) is 9.98. The van der Waals surface area contributed by atoms with E-state index < -0.39 is 11.9 Å². The van der Waals surface area contributed by atoms with Crippen LogP contribution in [0.25, 0.3) is 0 Å². The summed E-state index contributed by atoms with van der Waals surface area (Å²) in [6.07, 6.45) is -2.87. The topological polar surface area (TPSA) is 60.2 Å². The van der Waals surface area contributed by atoms with Gasteiger partial charge in [-0.1, -0.05) is 0 Å². The second kappa shape index (κ2) is 5.05. The van der Waals surface area contributed by atoms with Crippen molar-refractivity contribution in [3.8, 4) is 6.07 Å². The van der Waals surface area contributed by atoms with E-state index in [4.69, 9.17) is 10.4 Å². The molecule has 1 N–H and O–H groups in total. The number of anilines is 1. The molecule has 1 saturated carbocycles. The average Bonchev–Trinajstić information content (AvgIpc) is 3.18. The summed E-state index contributed by atoms with van der Waals surface area (Å²) in [5.74, 6) is 0.00822. The zero-order chi connectivity index (χ0) is 14.0. The van der Waals surface area contributed by atoms with Crippen molar-refractivity contribution >= 4 is 5.82 Å². The minimum absolute atomic E-state index is 0.00822. The highest BCUT2D eigenvalue weighted by molar-refractivity contribution is 5.56. The lowest BCUT2D eigenvalue weighted by Crippen LogP contribution is -2.31. The van der Waals surface area contributed by atoms with Gasteiger partial charge in [-0.15, -0.1) is 0 Å². The highest BCUT2D eigenvalue weighted by Crippen LogP contribution is 2.35. The van der Waals surface area contributed by atoms with Gasteiger partial charge in [-0.2, -0.15) is 18.4 Å². The summed E-state index contributed by atoms with van der Waals surface area (Å²) in [6.45, 7) is -0.0209. The molecule has 7 heteroatoms. The Morgan fingerprint density at radius 3 is 2.58 bits per heavy atom. The van der Waals surface area contributed by atoms with Crippen LogP contribution in [0.5, 0.6) is 0 Å². The first-order chi connectivity index (χ1) is 8.97. The summed E-state index contributed by atoms with van der Waals surface area (Å²) in [4.78, 5) is 5.14. The van der Waals surface area contributed by atoms with E-state index in [9.17, 15) is 13.2 Å². The Hall–Kier alpha value is -1.81. The first-order valence-corrected chi connectivity index (χ1v) is 5.83. The molecular formula is C12H12F3N3O. The number of aliphatic hydroxyl groups excluding tert-OH is 1. The number of halogens is 3. The Kier molecular flexibility index (Phi) is 3.62. The van der Waals surface area contributed by atoms with E-state index >= 15 is 0 Å². The van der Waals surface area contributed by atoms with Crippen molar-refractivity contribution in [3.63, 3.8) is 0 Å². The lowest BCUT2D eigenvalue weighted by molar-refractivity contribution is -0.141. The molecule has 102 valence electrons. The first-order valence-electron chi connectivity index (χ1n) is 5.83. The fourth-order valence-electron chi connectivity index (χ4n) is 1.87. The normalized spacial score (nSPS) is 15.1. The highest BCUT2D eigenvalue weighted by atomic mass is 19.4. The third-order valence-corrected chi connectivity index (χ3v) is 2.89. The summed E-state index contributed by atoms with van der Waals surface area (Å²) < 4.78 is 38.0. The maximum absolute atomic E-state index is 12.7. The third-order valence-electron chi connectivity index (χ3n) is 2.89. The summed E-state index contributed by atoms with van der Waals surface area (Å²) in [6, 6.07) is 3.83. The van der Waals surface area contributed by atoms with Crippen LogP contribution >= 0.6 is 0 Å². The molecule has 0 amide bonds. The molecule has 0 aromatic carbocycles. The molecule has 0 saturated heterocycles. The van der Waals surface area contributed by atoms with Gasteiger partial charge in [-0.3, -0.25) is 0 Å². The smallest absolute Gasteiger partial charge is 0.395 e. The third kappa shape index (κ3) is 2.96. The van der Waals surface area contributed by atoms with Gasteiger partial charge in [-0.05, 0) is 25.0 Å². The van der Waals surface area contributed by atoms with Gasteiger partial charge in [0.05, 0.1) is 12.2 Å². The van der Waals surface area contributed by atoms with Crippen LogP contribution in [-0.4, -0.2) is 29.3 Å². The number of pyridine rings is 1. The molecule has 1 aromatic rings. The molecule has 1 aliphatic rings. The first kappa shape index (κ1) is 13.6. The van der Waals surface area contributed by atoms with Crippen molar-refractivity contribution in [2.75, 3.05) is 18.1 Å². The maximum Gasteiger partial charge on any atom is 0.433 e. The maximum atomic E-state index is 12.7. The fourth-order valence-corrected chi connectivity index (χ4v) is 1.87. The average molecular weight is 271 g/mol. The van der Waals surface area contributed by atoms with Crippen LogP contribution in [0.4, 0.5) is 19.0 Å². The standard InChI is InChI=1S/C12H12F3N3O/c13-12(14,15)10-4-1-8(7-16)11(17-10)18(5-6-19)9-2-3-9/h1,4,9,19H,2-3,5-6H2. The van der Waals surface area contributed by atoms with Crippen LogP contribution in [0.1, 0.15) is 24.1 Å². The highest BCUT2D eigenvalue weighted by Gasteiger charge is 2.36. The largest absolute Gasteiger partial charge is 0.433 e. The van der Waals surface area contributed by atoms with Gasteiger partial charge in [0.2, 0.25) is 0 Å². The molecule has 1 heterocycles. The molecule has 19 heavy (non-hydrogen) atoms. The van der Waals surface area contributed by atoms with Gasteiger partial charge in [0.15, 0.2) is 0 Å². The molecule has 0 unspecified atom stereocenters. The minimum Gasteiger partial charge on any atom is -0.395 e. The minimum atomic E-state index is -4.54. The summed E-state index contributed by atoms with van der Waals surface area (Å²) in [5.41, 5.74) is -0.932. The predicted octanol–water partition coefficient (Wildman–Crippen LogP) is 1.93. The van der Waals surface area contributed by atoms with E-state index in [1.54, 1.807) is 4.90 Å². The van der Waals surface area contributed by atoms with Crippen molar-refractivity contribution in [2.24, 2.45) is 0 Å². The van der Waals surface area contributed by atoms with Gasteiger partial charge in [0.25, 0.3) is 0 Å². The number of nitrogens with zero attached hydrogens (tertiary/aromatic N) is 3. The van der Waals surface area contributed by atoms with Crippen molar-refractivity contribution in [1.82, 2.24) is 4.98 Å². The van der Waals surface area contributed by atoms with Crippen LogP contribution in [0, 0.1) is 11.3 Å². The number of alkyl halides is 3. The van der Waals surface area contributed by atoms with Gasteiger partial charge < -0.3 is 10.0 Å². The van der Waals surface area contributed by atoms with E-state index in [0.29, 0.717) is 0 Å². The fraction of sp³-hybridized carbons (Fsp3) is 0.500. The molecule has 0 radical (unpaired) electrons. The van der Waals surface area contributed by atoms with Crippen molar-refractivity contribution < 1.29 is 18.3 Å². The Morgan fingerprint density at radius 1 is 1.42 bits per heavy atom. The Bertz CT molecular complexity index is 506. The summed E-state index contributed by atoms with van der Waals surface area (Å²) >= 11 is 0. The number of aliphatic hydroxyl groups is 1. The van der Waals surface area contributed by atoms with E-state index in [0.717, 1.165) is 25.0 Å². The molecular weight excluding hydrogens is 259 g/mol. The molecule has 4 nitrogen and oxygen atoms in total. The van der Waals surface area contributed by atoms with E-state index in [1.165, 1.54) is 0 Å². The van der Waals surface area contributed by atoms with Crippen LogP contribution in [0.2, 0.25) is 0 Å². The number of hydrogen-bond acceptors (Lipinski definition) is 4. The monoisotopic (exact) mass is 271 g/mol. The second-order valence-corrected chi connectivity index (χ2v) is 4.33. The van der Waals surface area contributed by atoms with Crippen LogP contribution < -0.4 is 4.90 Å². The van der Waals surface area contributed by atoms with Gasteiger partial charge >= 0.3 is 6.18 Å². The summed E-state index contributed by atoms with van der Waals surface area (Å²) in [7, 11) is 0. The number of rotatable bonds is 4. The van der Waals surface area contributed by atoms with Crippen LogP contribution in [-0.2, 0) is 6.18 Å². The van der Waals surface area contributed by atoms with Crippen molar-refractivity contribution in [3.05, 3.63) is 23.4 Å². The number of hydrogen-bond donors (Lipinski definition) is 1. The summed E-state index contributed by atoms with van der Waals surface area (Å²) in [5, 5.41) is 18.0. The molecule has 0 bridgehead atoms. The quantitative estimate of drug-likeness (QED) is 0.909. The molecule has 1 aliphatic carbocycles. The molecule has 0 aliphatic heterocycles. The Labute approximate surface area is 108 Å².